The second-order valence-electron chi connectivity index (χ2n) is 17.7. The van der Waals surface area contributed by atoms with Gasteiger partial charge in [-0.25, -0.2) is 14.5 Å². The number of esters is 2. The number of anilines is 1. The van der Waals surface area contributed by atoms with Crippen molar-refractivity contribution in [3.05, 3.63) is 35.3 Å². The van der Waals surface area contributed by atoms with E-state index in [1.54, 1.807) is 4.57 Å². The van der Waals surface area contributed by atoms with Crippen molar-refractivity contribution in [3.63, 3.8) is 0 Å². The summed E-state index contributed by atoms with van der Waals surface area (Å²) in [4.78, 5) is 47.3. The van der Waals surface area contributed by atoms with E-state index in [-0.39, 0.29) is 36.5 Å². The Morgan fingerprint density at radius 2 is 1.30 bits per heavy atom. The van der Waals surface area contributed by atoms with E-state index >= 15 is 0 Å². The van der Waals surface area contributed by atoms with Gasteiger partial charge in [0.15, 0.2) is 16.7 Å². The van der Waals surface area contributed by atoms with Gasteiger partial charge in [0.1, 0.15) is 30.1 Å². The molecule has 0 saturated carbocycles. The van der Waals surface area contributed by atoms with Crippen LogP contribution in [0.1, 0.15) is 206 Å². The molecule has 5 N–H and O–H groups in total. The highest BCUT2D eigenvalue weighted by molar-refractivity contribution is 7.71. The van der Waals surface area contributed by atoms with Crippen LogP contribution in [0.5, 0.6) is 0 Å². The fourth-order valence-electron chi connectivity index (χ4n) is 7.89. The van der Waals surface area contributed by atoms with Crippen LogP contribution in [0.4, 0.5) is 5.95 Å². The molecule has 1 aliphatic rings. The SMILES string of the molecule is CCCCCCCC/C=C\CCCCCCCC(=O)OC[C@H](COP(=O)(O)OC[C@H]1O[C@@H](n2cnc3c(=S)nc(N)[nH]c32)C[C@@H]1O)OC(=O)CCCCCCC/C=C\CCCCCCCC. The summed E-state index contributed by atoms with van der Waals surface area (Å²) in [5, 5.41) is 10.7. The van der Waals surface area contributed by atoms with Gasteiger partial charge in [0.2, 0.25) is 0 Å². The van der Waals surface area contributed by atoms with E-state index in [9.17, 15) is 24.2 Å². The number of carbonyl (C=O) groups excluding carboxylic acids is 2. The van der Waals surface area contributed by atoms with Crippen LogP contribution in [0.3, 0.4) is 0 Å². The van der Waals surface area contributed by atoms with Gasteiger partial charge in [0.05, 0.1) is 25.6 Å². The number of hydrogen-bond acceptors (Lipinski definition) is 13. The third-order valence-electron chi connectivity index (χ3n) is 11.8. The second kappa shape index (κ2) is 35.2. The topological polar surface area (TPSA) is 210 Å². The average molecular weight is 966 g/mol. The van der Waals surface area contributed by atoms with Crippen LogP contribution in [0.15, 0.2) is 30.6 Å². The number of imidazole rings is 1. The largest absolute Gasteiger partial charge is 0.472 e. The molecule has 0 radical (unpaired) electrons. The summed E-state index contributed by atoms with van der Waals surface area (Å²) in [6.45, 7) is 3.10. The number of phosphoric ester groups is 1. The standard InChI is InChI=1S/C49H84N5O10PS/c1-3-5-7-9-11-13-15-17-19-21-23-25-27-29-31-33-44(56)60-36-40(63-45(57)34-32-30-28-26-24-22-20-18-16-14-12-10-8-6-4-2)37-61-65(58,59)62-38-42-41(55)35-43(64-42)54-39-51-46-47(54)52-49(50)53-48(46)66/h17-20,39-43,55H,3-16,21-38H2,1-2H3,(H,58,59)(H3,50,52,53,66)/b19-17-,20-18-/t40-,41+,42-,43-/m1/s1. The molecule has 1 saturated heterocycles. The number of allylic oxidation sites excluding steroid dienone is 4. The first-order valence-corrected chi connectivity index (χ1v) is 27.3. The third kappa shape index (κ3) is 25.4. The quantitative estimate of drug-likeness (QED) is 0.0161. The van der Waals surface area contributed by atoms with E-state index in [4.69, 9.17) is 41.2 Å². The fraction of sp³-hybridized carbons (Fsp3) is 0.776. The Balaban J connectivity index is 1.38. The van der Waals surface area contributed by atoms with Gasteiger partial charge in [-0.2, -0.15) is 0 Å². The minimum Gasteiger partial charge on any atom is -0.462 e. The van der Waals surface area contributed by atoms with Gasteiger partial charge in [-0.15, -0.1) is 0 Å². The van der Waals surface area contributed by atoms with Crippen LogP contribution in [-0.4, -0.2) is 79.6 Å². The number of aliphatic hydroxyl groups is 1. The van der Waals surface area contributed by atoms with Crippen molar-refractivity contribution in [3.8, 4) is 0 Å². The highest BCUT2D eigenvalue weighted by Gasteiger charge is 2.38. The van der Waals surface area contributed by atoms with Crippen molar-refractivity contribution in [1.29, 1.82) is 0 Å². The van der Waals surface area contributed by atoms with Crippen molar-refractivity contribution in [2.24, 2.45) is 0 Å². The molecule has 66 heavy (non-hydrogen) atoms. The Bertz CT molecular complexity index is 1790. The van der Waals surface area contributed by atoms with Crippen molar-refractivity contribution in [2.45, 2.75) is 225 Å². The molecule has 0 spiro atoms. The molecule has 3 rings (SSSR count). The Labute approximate surface area is 400 Å². The molecule has 5 atom stereocenters. The molecule has 1 aliphatic heterocycles. The Hall–Kier alpha value is -2.98. The maximum Gasteiger partial charge on any atom is 0.472 e. The molecule has 0 bridgehead atoms. The molecule has 0 aliphatic carbocycles. The third-order valence-corrected chi connectivity index (χ3v) is 13.1. The number of nitrogens with one attached hydrogen (secondary N) is 1. The Morgan fingerprint density at radius 3 is 1.85 bits per heavy atom. The first-order chi connectivity index (χ1) is 32.0. The van der Waals surface area contributed by atoms with Crippen LogP contribution in [0, 0.1) is 4.64 Å². The highest BCUT2D eigenvalue weighted by atomic mass is 32.1. The van der Waals surface area contributed by atoms with Crippen LogP contribution >= 0.6 is 20.0 Å². The van der Waals surface area contributed by atoms with Crippen LogP contribution < -0.4 is 5.73 Å². The number of rotatable bonds is 40. The van der Waals surface area contributed by atoms with Gasteiger partial charge in [-0.05, 0) is 64.2 Å². The number of ether oxygens (including phenoxy) is 3. The summed E-state index contributed by atoms with van der Waals surface area (Å²) in [5.74, 6) is -0.865. The van der Waals surface area contributed by atoms with E-state index in [2.05, 4.69) is 53.1 Å². The Morgan fingerprint density at radius 1 is 0.803 bits per heavy atom. The number of carbonyl (C=O) groups is 2. The molecule has 3 heterocycles. The molecule has 17 heteroatoms. The van der Waals surface area contributed by atoms with Gasteiger partial charge in [0, 0.05) is 19.3 Å². The predicted molar refractivity (Wildman–Crippen MR) is 263 cm³/mol. The van der Waals surface area contributed by atoms with E-state index in [0.717, 1.165) is 77.0 Å². The summed E-state index contributed by atoms with van der Waals surface area (Å²) < 4.78 is 42.3. The number of fused-ring (bicyclic) bond motifs is 1. The molecule has 376 valence electrons. The smallest absolute Gasteiger partial charge is 0.462 e. The fourth-order valence-corrected chi connectivity index (χ4v) is 8.90. The molecule has 1 unspecified atom stereocenters. The summed E-state index contributed by atoms with van der Waals surface area (Å²) >= 11 is 5.24. The van der Waals surface area contributed by atoms with Crippen LogP contribution in [0.25, 0.3) is 11.2 Å². The van der Waals surface area contributed by atoms with Crippen molar-refractivity contribution < 1.29 is 47.4 Å². The van der Waals surface area contributed by atoms with E-state index in [1.165, 1.54) is 83.4 Å². The van der Waals surface area contributed by atoms with Crippen molar-refractivity contribution in [2.75, 3.05) is 25.6 Å². The maximum atomic E-state index is 13.0. The lowest BCUT2D eigenvalue weighted by Gasteiger charge is -2.21. The molecule has 0 aromatic carbocycles. The molecular formula is C49H84N5O10PS. The number of aromatic nitrogens is 4. The highest BCUT2D eigenvalue weighted by Crippen LogP contribution is 2.44. The number of phosphoric acid groups is 1. The zero-order chi connectivity index (χ0) is 47.7. The van der Waals surface area contributed by atoms with Crippen LogP contribution in [-0.2, 0) is 37.4 Å². The number of hydrogen-bond donors (Lipinski definition) is 4. The summed E-state index contributed by atoms with van der Waals surface area (Å²) in [5.41, 5.74) is 6.69. The molecule has 0 amide bonds. The normalized spacial score (nSPS) is 17.8. The zero-order valence-electron chi connectivity index (χ0n) is 40.3. The first kappa shape index (κ1) is 57.3. The number of H-pyrrole nitrogens is 1. The monoisotopic (exact) mass is 966 g/mol. The van der Waals surface area contributed by atoms with Gasteiger partial charge < -0.3 is 34.9 Å². The Kier molecular flexibility index (Phi) is 30.6. The molecule has 2 aromatic heterocycles. The van der Waals surface area contributed by atoms with E-state index in [0.29, 0.717) is 24.0 Å². The lowest BCUT2D eigenvalue weighted by atomic mass is 10.1. The molecule has 1 fully saturated rings. The number of aliphatic hydroxyl groups excluding tert-OH is 1. The van der Waals surface area contributed by atoms with E-state index in [1.807, 2.05) is 0 Å². The number of aromatic amines is 1. The average Bonchev–Trinajstić information content (AvgIpc) is 3.89. The maximum absolute atomic E-state index is 13.0. The lowest BCUT2D eigenvalue weighted by molar-refractivity contribution is -0.161. The van der Waals surface area contributed by atoms with Gasteiger partial charge in [0.25, 0.3) is 0 Å². The van der Waals surface area contributed by atoms with Gasteiger partial charge in [-0.3, -0.25) is 23.2 Å². The first-order valence-electron chi connectivity index (χ1n) is 25.4. The summed E-state index contributed by atoms with van der Waals surface area (Å²) in [7, 11) is -4.74. The molecule has 2 aromatic rings. The number of nitrogens with zero attached hydrogens (tertiary/aromatic N) is 3. The van der Waals surface area contributed by atoms with Crippen LogP contribution in [0.2, 0.25) is 0 Å². The minimum atomic E-state index is -4.74. The molecular weight excluding hydrogens is 882 g/mol. The summed E-state index contributed by atoms with van der Waals surface area (Å²) in [6, 6.07) is 0. The predicted octanol–water partition coefficient (Wildman–Crippen LogP) is 12.4. The number of unbranched alkanes of at least 4 members (excludes halogenated alkanes) is 22. The van der Waals surface area contributed by atoms with Gasteiger partial charge >= 0.3 is 19.8 Å². The molecule has 15 nitrogen and oxygen atoms in total. The minimum absolute atomic E-state index is 0.0891. The number of nitrogens with two attached hydrogens (primary N) is 1. The van der Waals surface area contributed by atoms with Crippen molar-refractivity contribution in [1.82, 2.24) is 19.5 Å². The van der Waals surface area contributed by atoms with E-state index < -0.39 is 57.5 Å². The van der Waals surface area contributed by atoms with Gasteiger partial charge in [-0.1, -0.05) is 153 Å². The second-order valence-corrected chi connectivity index (χ2v) is 19.6. The van der Waals surface area contributed by atoms with Crippen molar-refractivity contribution >= 4 is 49.1 Å². The summed E-state index contributed by atoms with van der Waals surface area (Å²) in [6.07, 6.45) is 37.0. The zero-order valence-corrected chi connectivity index (χ0v) is 42.0. The lowest BCUT2D eigenvalue weighted by Crippen LogP contribution is -2.30. The number of nitrogen functional groups attached to an aromatic ring is 1.